The van der Waals surface area contributed by atoms with Crippen LogP contribution >= 0.6 is 0 Å². The van der Waals surface area contributed by atoms with Gasteiger partial charge in [-0.25, -0.2) is 0 Å². The van der Waals surface area contributed by atoms with Crippen molar-refractivity contribution in [2.24, 2.45) is 5.41 Å². The molecule has 2 heteroatoms. The van der Waals surface area contributed by atoms with E-state index in [4.69, 9.17) is 0 Å². The zero-order chi connectivity index (χ0) is 13.1. The second kappa shape index (κ2) is 4.91. The van der Waals surface area contributed by atoms with E-state index in [1.54, 1.807) is 0 Å². The fraction of sp³-hybridized carbons (Fsp3) is 0.533. The number of hydrogen-bond donors (Lipinski definition) is 1. The Morgan fingerprint density at radius 3 is 2.06 bits per heavy atom. The van der Waals surface area contributed by atoms with Crippen molar-refractivity contribution in [1.29, 1.82) is 0 Å². The fourth-order valence-electron chi connectivity index (χ4n) is 1.56. The summed E-state index contributed by atoms with van der Waals surface area (Å²) in [5.74, 6) is 0.0986. The van der Waals surface area contributed by atoms with Gasteiger partial charge in [-0.3, -0.25) is 4.79 Å². The molecule has 1 aromatic rings. The molecular weight excluding hydrogens is 210 g/mol. The predicted octanol–water partition coefficient (Wildman–Crippen LogP) is 3.13. The average molecular weight is 233 g/mol. The third-order valence-corrected chi connectivity index (χ3v) is 2.93. The smallest absolute Gasteiger partial charge is 0.225 e. The molecule has 0 aliphatic heterocycles. The summed E-state index contributed by atoms with van der Waals surface area (Å²) in [6.45, 7) is 10.7. The van der Waals surface area contributed by atoms with Gasteiger partial charge in [-0.2, -0.15) is 0 Å². The average Bonchev–Trinajstić information content (AvgIpc) is 2.26. The van der Waals surface area contributed by atoms with E-state index in [9.17, 15) is 4.79 Å². The largest absolute Gasteiger partial charge is 0.355 e. The third-order valence-electron chi connectivity index (χ3n) is 2.93. The number of carbonyl (C=O) groups is 1. The van der Waals surface area contributed by atoms with Gasteiger partial charge in [0.05, 0.1) is 0 Å². The molecule has 0 unspecified atom stereocenters. The maximum absolute atomic E-state index is 11.8. The normalized spacial score (nSPS) is 12.3. The molecule has 0 fully saturated rings. The lowest BCUT2D eigenvalue weighted by Crippen LogP contribution is -2.41. The van der Waals surface area contributed by atoms with Crippen LogP contribution in [0.15, 0.2) is 30.3 Å². The summed E-state index contributed by atoms with van der Waals surface area (Å²) in [5, 5.41) is 3.02. The minimum atomic E-state index is -0.327. The molecule has 0 saturated carbocycles. The van der Waals surface area contributed by atoms with Crippen LogP contribution in [0.2, 0.25) is 0 Å². The van der Waals surface area contributed by atoms with Crippen LogP contribution in [0.3, 0.4) is 0 Å². The first-order chi connectivity index (χ1) is 7.73. The van der Waals surface area contributed by atoms with Gasteiger partial charge in [-0.05, 0) is 5.56 Å². The lowest BCUT2D eigenvalue weighted by molar-refractivity contribution is -0.128. The van der Waals surface area contributed by atoms with Crippen molar-refractivity contribution >= 4 is 5.91 Å². The Hall–Kier alpha value is -1.31. The highest BCUT2D eigenvalue weighted by Crippen LogP contribution is 2.22. The number of benzene rings is 1. The van der Waals surface area contributed by atoms with Crippen LogP contribution < -0.4 is 5.32 Å². The predicted molar refractivity (Wildman–Crippen MR) is 71.9 cm³/mol. The lowest BCUT2D eigenvalue weighted by atomic mass is 9.84. The van der Waals surface area contributed by atoms with Gasteiger partial charge in [-0.15, -0.1) is 0 Å². The highest BCUT2D eigenvalue weighted by atomic mass is 16.2. The monoisotopic (exact) mass is 233 g/mol. The molecule has 17 heavy (non-hydrogen) atoms. The molecule has 1 aromatic carbocycles. The molecule has 0 radical (unpaired) electrons. The second-order valence-corrected chi connectivity index (χ2v) is 6.18. The van der Waals surface area contributed by atoms with E-state index in [1.807, 2.05) is 39.0 Å². The van der Waals surface area contributed by atoms with Crippen molar-refractivity contribution in [3.8, 4) is 0 Å². The molecule has 1 N–H and O–H groups in total. The quantitative estimate of drug-likeness (QED) is 0.854. The highest BCUT2D eigenvalue weighted by Gasteiger charge is 2.25. The van der Waals surface area contributed by atoms with E-state index in [-0.39, 0.29) is 16.7 Å². The van der Waals surface area contributed by atoms with Crippen LogP contribution in [0.25, 0.3) is 0 Å². The van der Waals surface area contributed by atoms with E-state index in [0.717, 1.165) is 0 Å². The summed E-state index contributed by atoms with van der Waals surface area (Å²) in [6.07, 6.45) is 0. The third kappa shape index (κ3) is 3.88. The van der Waals surface area contributed by atoms with Gasteiger partial charge >= 0.3 is 0 Å². The molecule has 0 heterocycles. The van der Waals surface area contributed by atoms with Gasteiger partial charge in [0.15, 0.2) is 0 Å². The summed E-state index contributed by atoms with van der Waals surface area (Å²) in [6, 6.07) is 10.3. The summed E-state index contributed by atoms with van der Waals surface area (Å²) >= 11 is 0. The van der Waals surface area contributed by atoms with Crippen LogP contribution in [0, 0.1) is 5.41 Å². The number of nitrogens with one attached hydrogen (secondary N) is 1. The van der Waals surface area contributed by atoms with Crippen molar-refractivity contribution in [2.45, 2.75) is 40.0 Å². The van der Waals surface area contributed by atoms with Crippen molar-refractivity contribution in [1.82, 2.24) is 5.32 Å². The molecule has 0 spiro atoms. The minimum Gasteiger partial charge on any atom is -0.355 e. The van der Waals surface area contributed by atoms with Crippen molar-refractivity contribution < 1.29 is 4.79 Å². The Morgan fingerprint density at radius 1 is 1.06 bits per heavy atom. The number of carbonyl (C=O) groups excluding carboxylic acids is 1. The fourth-order valence-corrected chi connectivity index (χ4v) is 1.56. The Morgan fingerprint density at radius 2 is 1.59 bits per heavy atom. The topological polar surface area (TPSA) is 29.1 Å². The van der Waals surface area contributed by atoms with Crippen LogP contribution in [-0.2, 0) is 10.2 Å². The van der Waals surface area contributed by atoms with Gasteiger partial charge in [0.2, 0.25) is 5.91 Å². The van der Waals surface area contributed by atoms with Crippen molar-refractivity contribution in [3.05, 3.63) is 35.9 Å². The zero-order valence-electron chi connectivity index (χ0n) is 11.5. The molecule has 0 saturated heterocycles. The first kappa shape index (κ1) is 13.8. The Kier molecular flexibility index (Phi) is 3.97. The van der Waals surface area contributed by atoms with Crippen LogP contribution in [0.5, 0.6) is 0 Å². The molecular formula is C15H23NO. The molecule has 0 aliphatic carbocycles. The number of amides is 1. The Bertz CT molecular complexity index is 374. The van der Waals surface area contributed by atoms with Crippen molar-refractivity contribution in [3.63, 3.8) is 0 Å². The van der Waals surface area contributed by atoms with Gasteiger partial charge < -0.3 is 5.32 Å². The van der Waals surface area contributed by atoms with Gasteiger partial charge in [-0.1, -0.05) is 65.0 Å². The molecule has 0 bridgehead atoms. The lowest BCUT2D eigenvalue weighted by Gasteiger charge is -2.28. The summed E-state index contributed by atoms with van der Waals surface area (Å²) in [5.41, 5.74) is 0.879. The molecule has 1 rings (SSSR count). The van der Waals surface area contributed by atoms with Gasteiger partial charge in [0.1, 0.15) is 0 Å². The van der Waals surface area contributed by atoms with Crippen LogP contribution in [0.4, 0.5) is 0 Å². The van der Waals surface area contributed by atoms with E-state index in [0.29, 0.717) is 6.54 Å². The summed E-state index contributed by atoms with van der Waals surface area (Å²) in [4.78, 5) is 11.8. The number of rotatable bonds is 3. The molecule has 0 aromatic heterocycles. The number of hydrogen-bond acceptors (Lipinski definition) is 1. The minimum absolute atomic E-state index is 0.0395. The van der Waals surface area contributed by atoms with Crippen LogP contribution in [0.1, 0.15) is 40.2 Å². The molecule has 94 valence electrons. The summed E-state index contributed by atoms with van der Waals surface area (Å²) in [7, 11) is 0. The van der Waals surface area contributed by atoms with Gasteiger partial charge in [0.25, 0.3) is 0 Å². The zero-order valence-corrected chi connectivity index (χ0v) is 11.5. The Balaban J connectivity index is 2.66. The first-order valence-corrected chi connectivity index (χ1v) is 6.07. The Labute approximate surface area is 104 Å². The standard InChI is InChI=1S/C15H23NO/c1-14(2,3)13(17)16-11-15(4,5)12-9-7-6-8-10-12/h6-10H,11H2,1-5H3,(H,16,17). The SMILES string of the molecule is CC(C)(C)C(=O)NCC(C)(C)c1ccccc1. The van der Waals surface area contributed by atoms with E-state index in [1.165, 1.54) is 5.56 Å². The van der Waals surface area contributed by atoms with Gasteiger partial charge in [0, 0.05) is 17.4 Å². The molecule has 2 nitrogen and oxygen atoms in total. The van der Waals surface area contributed by atoms with E-state index < -0.39 is 0 Å². The molecule has 1 amide bonds. The second-order valence-electron chi connectivity index (χ2n) is 6.18. The molecule has 0 aliphatic rings. The molecule has 0 atom stereocenters. The summed E-state index contributed by atoms with van der Waals surface area (Å²) < 4.78 is 0. The maximum atomic E-state index is 11.8. The van der Waals surface area contributed by atoms with Crippen molar-refractivity contribution in [2.75, 3.05) is 6.54 Å². The maximum Gasteiger partial charge on any atom is 0.225 e. The van der Waals surface area contributed by atoms with E-state index >= 15 is 0 Å². The van der Waals surface area contributed by atoms with Crippen LogP contribution in [-0.4, -0.2) is 12.5 Å². The first-order valence-electron chi connectivity index (χ1n) is 6.07. The highest BCUT2D eigenvalue weighted by molar-refractivity contribution is 5.81. The van der Waals surface area contributed by atoms with E-state index in [2.05, 4.69) is 31.3 Å².